The molecule has 1 atom stereocenters. The maximum atomic E-state index is 12.7. The lowest BCUT2D eigenvalue weighted by Gasteiger charge is -2.36. The Morgan fingerprint density at radius 2 is 1.85 bits per heavy atom. The summed E-state index contributed by atoms with van der Waals surface area (Å²) in [5, 5.41) is 0. The minimum atomic E-state index is 0.196. The van der Waals surface area contributed by atoms with Crippen LogP contribution in [0.4, 0.5) is 0 Å². The standard InChI is InChI=1S/C17H34N2O/c1-14(17(2,3)4)13-16(20)19(12-8-11-18)15-9-6-5-7-10-15/h14-15H,5-13,18H2,1-4H3. The van der Waals surface area contributed by atoms with E-state index in [4.69, 9.17) is 5.73 Å². The Balaban J connectivity index is 2.63. The number of hydrogen-bond donors (Lipinski definition) is 1. The van der Waals surface area contributed by atoms with Gasteiger partial charge in [0.25, 0.3) is 0 Å². The summed E-state index contributed by atoms with van der Waals surface area (Å²) in [5.74, 6) is 0.756. The van der Waals surface area contributed by atoms with Crippen molar-refractivity contribution >= 4 is 5.91 Å². The molecular formula is C17H34N2O. The van der Waals surface area contributed by atoms with Gasteiger partial charge in [0.15, 0.2) is 0 Å². The Hall–Kier alpha value is -0.570. The summed E-state index contributed by atoms with van der Waals surface area (Å²) in [6.45, 7) is 10.4. The predicted octanol–water partition coefficient (Wildman–Crippen LogP) is 3.57. The molecule has 1 fully saturated rings. The number of amides is 1. The molecule has 0 aromatic heterocycles. The molecule has 118 valence electrons. The Morgan fingerprint density at radius 3 is 2.35 bits per heavy atom. The zero-order chi connectivity index (χ0) is 15.2. The minimum absolute atomic E-state index is 0.196. The van der Waals surface area contributed by atoms with Crippen LogP contribution in [0.1, 0.15) is 72.6 Å². The van der Waals surface area contributed by atoms with Gasteiger partial charge < -0.3 is 10.6 Å². The van der Waals surface area contributed by atoms with Gasteiger partial charge in [0.05, 0.1) is 0 Å². The number of hydrogen-bond acceptors (Lipinski definition) is 2. The normalized spacial score (nSPS) is 18.9. The van der Waals surface area contributed by atoms with Gasteiger partial charge in [-0.15, -0.1) is 0 Å². The van der Waals surface area contributed by atoms with Crippen molar-refractivity contribution in [2.45, 2.75) is 78.7 Å². The molecule has 0 heterocycles. The molecule has 1 saturated carbocycles. The monoisotopic (exact) mass is 282 g/mol. The third-order valence-corrected chi connectivity index (χ3v) is 4.90. The molecule has 1 aliphatic carbocycles. The van der Waals surface area contributed by atoms with E-state index in [0.717, 1.165) is 13.0 Å². The predicted molar refractivity (Wildman–Crippen MR) is 85.5 cm³/mol. The molecule has 0 aromatic carbocycles. The summed E-state index contributed by atoms with van der Waals surface area (Å²) in [7, 11) is 0. The van der Waals surface area contributed by atoms with Gasteiger partial charge in [-0.3, -0.25) is 4.79 Å². The molecule has 0 aromatic rings. The second kappa shape index (κ2) is 8.02. The fourth-order valence-electron chi connectivity index (χ4n) is 2.85. The smallest absolute Gasteiger partial charge is 0.223 e. The van der Waals surface area contributed by atoms with E-state index in [1.807, 2.05) is 0 Å². The van der Waals surface area contributed by atoms with Gasteiger partial charge in [0.1, 0.15) is 0 Å². The van der Waals surface area contributed by atoms with E-state index in [0.29, 0.717) is 30.8 Å². The number of carbonyl (C=O) groups is 1. The van der Waals surface area contributed by atoms with Crippen molar-refractivity contribution in [1.82, 2.24) is 4.90 Å². The minimum Gasteiger partial charge on any atom is -0.340 e. The van der Waals surface area contributed by atoms with Crippen molar-refractivity contribution in [2.75, 3.05) is 13.1 Å². The summed E-state index contributed by atoms with van der Waals surface area (Å²) < 4.78 is 0. The second-order valence-corrected chi connectivity index (χ2v) is 7.49. The molecule has 3 nitrogen and oxygen atoms in total. The van der Waals surface area contributed by atoms with Gasteiger partial charge >= 0.3 is 0 Å². The third kappa shape index (κ3) is 5.43. The highest BCUT2D eigenvalue weighted by Crippen LogP contribution is 2.30. The molecule has 1 amide bonds. The summed E-state index contributed by atoms with van der Waals surface area (Å²) >= 11 is 0. The Labute approximate surface area is 125 Å². The van der Waals surface area contributed by atoms with Gasteiger partial charge in [-0.2, -0.15) is 0 Å². The Kier molecular flexibility index (Phi) is 7.01. The number of nitrogens with zero attached hydrogens (tertiary/aromatic N) is 1. The summed E-state index contributed by atoms with van der Waals surface area (Å²) in [5.41, 5.74) is 5.84. The molecule has 1 aliphatic rings. The lowest BCUT2D eigenvalue weighted by molar-refractivity contribution is -0.136. The average Bonchev–Trinajstić information content (AvgIpc) is 2.39. The van der Waals surface area contributed by atoms with Gasteiger partial charge in [0, 0.05) is 19.0 Å². The van der Waals surface area contributed by atoms with Gasteiger partial charge in [-0.1, -0.05) is 47.0 Å². The quantitative estimate of drug-likeness (QED) is 0.809. The maximum Gasteiger partial charge on any atom is 0.223 e. The molecule has 2 N–H and O–H groups in total. The first kappa shape index (κ1) is 17.5. The van der Waals surface area contributed by atoms with Crippen LogP contribution in [0.3, 0.4) is 0 Å². The van der Waals surface area contributed by atoms with E-state index in [-0.39, 0.29) is 5.41 Å². The van der Waals surface area contributed by atoms with Crippen molar-refractivity contribution in [1.29, 1.82) is 0 Å². The first-order valence-electron chi connectivity index (χ1n) is 8.35. The first-order valence-corrected chi connectivity index (χ1v) is 8.35. The number of carbonyl (C=O) groups excluding carboxylic acids is 1. The van der Waals surface area contributed by atoms with Crippen LogP contribution >= 0.6 is 0 Å². The SMILES string of the molecule is CC(CC(=O)N(CCCN)C1CCCCC1)C(C)(C)C. The maximum absolute atomic E-state index is 12.7. The third-order valence-electron chi connectivity index (χ3n) is 4.90. The molecule has 1 rings (SSSR count). The zero-order valence-electron chi connectivity index (χ0n) is 14.0. The highest BCUT2D eigenvalue weighted by Gasteiger charge is 2.29. The van der Waals surface area contributed by atoms with E-state index in [9.17, 15) is 4.79 Å². The zero-order valence-corrected chi connectivity index (χ0v) is 14.0. The lowest BCUT2D eigenvalue weighted by Crippen LogP contribution is -2.43. The Bertz CT molecular complexity index is 290. The number of rotatable bonds is 6. The molecule has 0 radical (unpaired) electrons. The molecule has 3 heteroatoms. The molecule has 20 heavy (non-hydrogen) atoms. The van der Waals surface area contributed by atoms with E-state index in [2.05, 4.69) is 32.6 Å². The molecule has 0 spiro atoms. The van der Waals surface area contributed by atoms with Crippen LogP contribution in [0, 0.1) is 11.3 Å². The van der Waals surface area contributed by atoms with E-state index < -0.39 is 0 Å². The van der Waals surface area contributed by atoms with Crippen molar-refractivity contribution in [3.05, 3.63) is 0 Å². The highest BCUT2D eigenvalue weighted by molar-refractivity contribution is 5.76. The summed E-state index contributed by atoms with van der Waals surface area (Å²) in [6, 6.07) is 0.468. The fraction of sp³-hybridized carbons (Fsp3) is 0.941. The second-order valence-electron chi connectivity index (χ2n) is 7.49. The molecule has 0 bridgehead atoms. The van der Waals surface area contributed by atoms with E-state index in [1.165, 1.54) is 32.1 Å². The fourth-order valence-corrected chi connectivity index (χ4v) is 2.85. The molecule has 1 unspecified atom stereocenters. The molecule has 0 saturated heterocycles. The van der Waals surface area contributed by atoms with Crippen LogP contribution in [0.25, 0.3) is 0 Å². The van der Waals surface area contributed by atoms with Crippen LogP contribution in [-0.4, -0.2) is 29.9 Å². The summed E-state index contributed by atoms with van der Waals surface area (Å²) in [4.78, 5) is 14.8. The van der Waals surface area contributed by atoms with E-state index in [1.54, 1.807) is 0 Å². The molecule has 0 aliphatic heterocycles. The molecular weight excluding hydrogens is 248 g/mol. The van der Waals surface area contributed by atoms with Crippen molar-refractivity contribution in [3.8, 4) is 0 Å². The van der Waals surface area contributed by atoms with Gasteiger partial charge in [0.2, 0.25) is 5.91 Å². The van der Waals surface area contributed by atoms with Crippen molar-refractivity contribution in [3.63, 3.8) is 0 Å². The van der Waals surface area contributed by atoms with Gasteiger partial charge in [-0.05, 0) is 37.1 Å². The van der Waals surface area contributed by atoms with Crippen LogP contribution < -0.4 is 5.73 Å². The van der Waals surface area contributed by atoms with Crippen LogP contribution in [-0.2, 0) is 4.79 Å². The van der Waals surface area contributed by atoms with Crippen LogP contribution in [0.15, 0.2) is 0 Å². The van der Waals surface area contributed by atoms with Crippen molar-refractivity contribution in [2.24, 2.45) is 17.1 Å². The largest absolute Gasteiger partial charge is 0.340 e. The Morgan fingerprint density at radius 1 is 1.25 bits per heavy atom. The van der Waals surface area contributed by atoms with E-state index >= 15 is 0 Å². The van der Waals surface area contributed by atoms with Crippen LogP contribution in [0.2, 0.25) is 0 Å². The van der Waals surface area contributed by atoms with Crippen molar-refractivity contribution < 1.29 is 4.79 Å². The highest BCUT2D eigenvalue weighted by atomic mass is 16.2. The first-order chi connectivity index (χ1) is 9.36. The lowest BCUT2D eigenvalue weighted by atomic mass is 9.79. The summed E-state index contributed by atoms with van der Waals surface area (Å²) in [6.07, 6.45) is 7.82. The van der Waals surface area contributed by atoms with Gasteiger partial charge in [-0.25, -0.2) is 0 Å². The topological polar surface area (TPSA) is 46.3 Å². The number of nitrogens with two attached hydrogens (primary N) is 1. The average molecular weight is 282 g/mol. The van der Waals surface area contributed by atoms with Crippen LogP contribution in [0.5, 0.6) is 0 Å².